The first-order chi connectivity index (χ1) is 13.2. The Morgan fingerprint density at radius 1 is 1.04 bits per heavy atom. The Bertz CT molecular complexity index is 758. The van der Waals surface area contributed by atoms with Crippen LogP contribution in [-0.2, 0) is 11.2 Å². The van der Waals surface area contributed by atoms with Crippen LogP contribution in [0, 0.1) is 5.92 Å². The molecule has 1 amide bonds. The van der Waals surface area contributed by atoms with Crippen LogP contribution >= 0.6 is 12.2 Å². The number of hydrogen-bond acceptors (Lipinski definition) is 3. The van der Waals surface area contributed by atoms with Crippen LogP contribution in [0.15, 0.2) is 54.6 Å². The van der Waals surface area contributed by atoms with Crippen molar-refractivity contribution < 1.29 is 9.53 Å². The van der Waals surface area contributed by atoms with E-state index in [2.05, 4.69) is 22.8 Å². The van der Waals surface area contributed by atoms with Gasteiger partial charge in [0.2, 0.25) is 5.91 Å². The van der Waals surface area contributed by atoms with Gasteiger partial charge in [-0.3, -0.25) is 4.79 Å². The highest BCUT2D eigenvalue weighted by molar-refractivity contribution is 7.80. The molecule has 5 heteroatoms. The molecule has 1 aliphatic carbocycles. The molecule has 1 fully saturated rings. The topological polar surface area (TPSA) is 50.4 Å². The van der Waals surface area contributed by atoms with Crippen LogP contribution in [-0.4, -0.2) is 17.6 Å². The molecular weight excluding hydrogens is 356 g/mol. The van der Waals surface area contributed by atoms with Crippen molar-refractivity contribution in [1.29, 1.82) is 0 Å². The number of hydrogen-bond donors (Lipinski definition) is 2. The molecule has 27 heavy (non-hydrogen) atoms. The molecule has 0 spiro atoms. The van der Waals surface area contributed by atoms with E-state index in [9.17, 15) is 4.79 Å². The summed E-state index contributed by atoms with van der Waals surface area (Å²) in [6.07, 6.45) is 6.25. The molecule has 3 rings (SSSR count). The lowest BCUT2D eigenvalue weighted by atomic mass is 9.89. The van der Waals surface area contributed by atoms with Gasteiger partial charge in [0.1, 0.15) is 5.75 Å². The second-order valence-corrected chi connectivity index (χ2v) is 7.30. The summed E-state index contributed by atoms with van der Waals surface area (Å²) in [6, 6.07) is 17.9. The fourth-order valence-electron chi connectivity index (χ4n) is 3.34. The third kappa shape index (κ3) is 6.36. The van der Waals surface area contributed by atoms with Gasteiger partial charge >= 0.3 is 0 Å². The second-order valence-electron chi connectivity index (χ2n) is 6.89. The number of rotatable bonds is 6. The zero-order valence-corrected chi connectivity index (χ0v) is 16.3. The minimum Gasteiger partial charge on any atom is -0.493 e. The average molecular weight is 383 g/mol. The van der Waals surface area contributed by atoms with Crippen molar-refractivity contribution in [2.45, 2.75) is 38.5 Å². The van der Waals surface area contributed by atoms with E-state index in [1.54, 1.807) is 0 Å². The van der Waals surface area contributed by atoms with Gasteiger partial charge in [-0.25, -0.2) is 0 Å². The number of ether oxygens (including phenoxy) is 1. The number of benzene rings is 2. The van der Waals surface area contributed by atoms with Crippen molar-refractivity contribution in [1.82, 2.24) is 5.32 Å². The Morgan fingerprint density at radius 2 is 1.81 bits per heavy atom. The highest BCUT2D eigenvalue weighted by Crippen LogP contribution is 2.23. The second kappa shape index (κ2) is 10.1. The number of carbonyl (C=O) groups is 1. The first-order valence-electron chi connectivity index (χ1n) is 9.59. The van der Waals surface area contributed by atoms with Gasteiger partial charge in [-0.1, -0.05) is 55.7 Å². The van der Waals surface area contributed by atoms with E-state index < -0.39 is 0 Å². The molecule has 0 aromatic heterocycles. The summed E-state index contributed by atoms with van der Waals surface area (Å²) in [5.41, 5.74) is 2.06. The van der Waals surface area contributed by atoms with Crippen LogP contribution in [0.4, 0.5) is 5.69 Å². The Hall–Kier alpha value is -2.40. The number of thiocarbonyl (C=S) groups is 1. The van der Waals surface area contributed by atoms with Crippen molar-refractivity contribution in [3.63, 3.8) is 0 Å². The lowest BCUT2D eigenvalue weighted by molar-refractivity contribution is -0.124. The minimum absolute atomic E-state index is 0.0301. The van der Waals surface area contributed by atoms with Gasteiger partial charge in [-0.05, 0) is 42.8 Å². The van der Waals surface area contributed by atoms with Crippen LogP contribution in [0.25, 0.3) is 0 Å². The number of anilines is 1. The molecular formula is C22H26N2O2S. The van der Waals surface area contributed by atoms with E-state index in [0.29, 0.717) is 11.7 Å². The van der Waals surface area contributed by atoms with Crippen LogP contribution in [0.3, 0.4) is 0 Å². The van der Waals surface area contributed by atoms with Gasteiger partial charge in [0, 0.05) is 24.1 Å². The monoisotopic (exact) mass is 382 g/mol. The molecule has 1 aliphatic rings. The van der Waals surface area contributed by atoms with Gasteiger partial charge in [0.05, 0.1) is 6.61 Å². The molecule has 1 saturated carbocycles. The van der Waals surface area contributed by atoms with Crippen molar-refractivity contribution in [3.05, 3.63) is 60.2 Å². The van der Waals surface area contributed by atoms with E-state index in [0.717, 1.165) is 43.5 Å². The highest BCUT2D eigenvalue weighted by Gasteiger charge is 2.21. The summed E-state index contributed by atoms with van der Waals surface area (Å²) >= 11 is 5.29. The van der Waals surface area contributed by atoms with Crippen LogP contribution in [0.2, 0.25) is 0 Å². The van der Waals surface area contributed by atoms with E-state index in [1.807, 2.05) is 42.5 Å². The summed E-state index contributed by atoms with van der Waals surface area (Å²) in [5, 5.41) is 6.24. The Morgan fingerprint density at radius 3 is 2.59 bits per heavy atom. The SMILES string of the molecule is O=C(NC(=S)Nc1cccc(OCCc2ccccc2)c1)C1CCCCC1. The highest BCUT2D eigenvalue weighted by atomic mass is 32.1. The van der Waals surface area contributed by atoms with E-state index in [-0.39, 0.29) is 11.8 Å². The predicted octanol–water partition coefficient (Wildman–Crippen LogP) is 4.70. The Balaban J connectivity index is 1.46. The normalized spacial score (nSPS) is 14.4. The molecule has 4 nitrogen and oxygen atoms in total. The molecule has 2 aromatic carbocycles. The predicted molar refractivity (Wildman–Crippen MR) is 113 cm³/mol. The smallest absolute Gasteiger partial charge is 0.229 e. The summed E-state index contributed by atoms with van der Waals surface area (Å²) in [6.45, 7) is 0.607. The third-order valence-corrected chi connectivity index (χ3v) is 5.01. The first-order valence-corrected chi connectivity index (χ1v) is 10.0. The first kappa shape index (κ1) is 19.4. The summed E-state index contributed by atoms with van der Waals surface area (Å²) in [4.78, 5) is 12.3. The number of amides is 1. The molecule has 0 radical (unpaired) electrons. The van der Waals surface area contributed by atoms with E-state index in [4.69, 9.17) is 17.0 Å². The Kier molecular flexibility index (Phi) is 7.22. The molecule has 0 unspecified atom stereocenters. The van der Waals surface area contributed by atoms with Gasteiger partial charge < -0.3 is 15.4 Å². The van der Waals surface area contributed by atoms with Crippen LogP contribution in [0.1, 0.15) is 37.7 Å². The quantitative estimate of drug-likeness (QED) is 0.711. The lowest BCUT2D eigenvalue weighted by Gasteiger charge is -2.21. The van der Waals surface area contributed by atoms with Crippen molar-refractivity contribution in [2.75, 3.05) is 11.9 Å². The molecule has 2 aromatic rings. The maximum absolute atomic E-state index is 12.3. The number of carbonyl (C=O) groups excluding carboxylic acids is 1. The van der Waals surface area contributed by atoms with Gasteiger partial charge in [-0.15, -0.1) is 0 Å². The Labute approximate surface area is 166 Å². The fraction of sp³-hybridized carbons (Fsp3) is 0.364. The largest absolute Gasteiger partial charge is 0.493 e. The molecule has 2 N–H and O–H groups in total. The van der Waals surface area contributed by atoms with Crippen LogP contribution in [0.5, 0.6) is 5.75 Å². The van der Waals surface area contributed by atoms with E-state index >= 15 is 0 Å². The average Bonchev–Trinajstić information content (AvgIpc) is 2.70. The molecule has 0 heterocycles. The van der Waals surface area contributed by atoms with Gasteiger partial charge in [0.15, 0.2) is 5.11 Å². The summed E-state index contributed by atoms with van der Waals surface area (Å²) < 4.78 is 5.84. The van der Waals surface area contributed by atoms with Gasteiger partial charge in [-0.2, -0.15) is 0 Å². The van der Waals surface area contributed by atoms with E-state index in [1.165, 1.54) is 12.0 Å². The zero-order chi connectivity index (χ0) is 18.9. The van der Waals surface area contributed by atoms with Crippen LogP contribution < -0.4 is 15.4 Å². The lowest BCUT2D eigenvalue weighted by Crippen LogP contribution is -2.38. The third-order valence-electron chi connectivity index (χ3n) is 4.81. The number of nitrogens with one attached hydrogen (secondary N) is 2. The summed E-state index contributed by atoms with van der Waals surface area (Å²) in [7, 11) is 0. The molecule has 0 aliphatic heterocycles. The standard InChI is InChI=1S/C22H26N2O2S/c25-21(18-10-5-2-6-11-18)24-22(27)23-19-12-7-13-20(16-19)26-15-14-17-8-3-1-4-9-17/h1,3-4,7-9,12-13,16,18H,2,5-6,10-11,14-15H2,(H2,23,24,25,27). The maximum atomic E-state index is 12.3. The molecule has 142 valence electrons. The molecule has 0 saturated heterocycles. The van der Waals surface area contributed by atoms with Crippen molar-refractivity contribution in [2.24, 2.45) is 5.92 Å². The zero-order valence-electron chi connectivity index (χ0n) is 15.4. The molecule has 0 bridgehead atoms. The van der Waals surface area contributed by atoms with Crippen molar-refractivity contribution >= 4 is 28.9 Å². The maximum Gasteiger partial charge on any atom is 0.229 e. The fourth-order valence-corrected chi connectivity index (χ4v) is 3.55. The summed E-state index contributed by atoms with van der Waals surface area (Å²) in [5.74, 6) is 0.894. The van der Waals surface area contributed by atoms with Gasteiger partial charge in [0.25, 0.3) is 0 Å². The van der Waals surface area contributed by atoms with Crippen molar-refractivity contribution in [3.8, 4) is 5.75 Å². The minimum atomic E-state index is 0.0301. The molecule has 0 atom stereocenters.